The fourth-order valence-corrected chi connectivity index (χ4v) is 2.73. The van der Waals surface area contributed by atoms with E-state index in [2.05, 4.69) is 5.32 Å². The normalized spacial score (nSPS) is 16.2. The molecule has 2 N–H and O–H groups in total. The van der Waals surface area contributed by atoms with E-state index >= 15 is 0 Å². The first kappa shape index (κ1) is 21.4. The summed E-state index contributed by atoms with van der Waals surface area (Å²) in [6, 6.07) is 10.1. The zero-order valence-electron chi connectivity index (χ0n) is 17.1. The number of urea groups is 1. The summed E-state index contributed by atoms with van der Waals surface area (Å²) in [6.45, 7) is 3.61. The van der Waals surface area contributed by atoms with E-state index in [1.165, 1.54) is 36.3 Å². The second kappa shape index (κ2) is 9.04. The monoisotopic (exact) mass is 416 g/mol. The van der Waals surface area contributed by atoms with Crippen molar-refractivity contribution in [1.82, 2.24) is 5.32 Å². The second-order valence-corrected chi connectivity index (χ2v) is 7.47. The van der Waals surface area contributed by atoms with Gasteiger partial charge in [0.05, 0.1) is 24.4 Å². The maximum absolute atomic E-state index is 13.0. The van der Waals surface area contributed by atoms with Crippen LogP contribution in [0.2, 0.25) is 0 Å². The topological polar surface area (TPSA) is 80.3 Å². The fourth-order valence-electron chi connectivity index (χ4n) is 2.73. The van der Waals surface area contributed by atoms with Gasteiger partial charge in [0.1, 0.15) is 24.8 Å². The van der Waals surface area contributed by atoms with E-state index in [1.807, 2.05) is 0 Å². The number of rotatable bonds is 8. The molecule has 3 rings (SSSR count). The van der Waals surface area contributed by atoms with Crippen molar-refractivity contribution >= 4 is 11.7 Å². The van der Waals surface area contributed by atoms with Crippen LogP contribution in [0.1, 0.15) is 13.8 Å². The molecular formula is C22H25FN2O5. The number of methoxy groups -OCH3 is 1. The number of amides is 2. The number of nitrogens with zero attached hydrogens (tertiary/aromatic N) is 1. The molecule has 1 heterocycles. The number of anilines is 1. The Morgan fingerprint density at radius 1 is 1.13 bits per heavy atom. The number of hydrogen-bond acceptors (Lipinski definition) is 5. The van der Waals surface area contributed by atoms with Gasteiger partial charge in [0.15, 0.2) is 11.5 Å². The van der Waals surface area contributed by atoms with Crippen molar-refractivity contribution in [3.05, 3.63) is 60.6 Å². The number of ether oxygens (including phenoxy) is 3. The number of carbonyl (C=O) groups is 1. The zero-order chi connectivity index (χ0) is 21.7. The first-order valence-corrected chi connectivity index (χ1v) is 9.45. The minimum atomic E-state index is -0.982. The summed E-state index contributed by atoms with van der Waals surface area (Å²) in [5.74, 6) is 1.10. The Balaban J connectivity index is 1.65. The molecule has 160 valence electrons. The number of aliphatic hydroxyl groups is 1. The average molecular weight is 416 g/mol. The minimum Gasteiger partial charge on any atom is -0.493 e. The molecule has 2 aromatic carbocycles. The van der Waals surface area contributed by atoms with Gasteiger partial charge < -0.3 is 24.6 Å². The Hall–Kier alpha value is -3.26. The van der Waals surface area contributed by atoms with Crippen LogP contribution in [0.4, 0.5) is 14.9 Å². The van der Waals surface area contributed by atoms with Crippen LogP contribution in [-0.2, 0) is 0 Å². The predicted octanol–water partition coefficient (Wildman–Crippen LogP) is 3.47. The van der Waals surface area contributed by atoms with E-state index in [4.69, 9.17) is 14.2 Å². The van der Waals surface area contributed by atoms with Crippen LogP contribution in [-0.4, -0.2) is 43.1 Å². The van der Waals surface area contributed by atoms with Crippen molar-refractivity contribution < 1.29 is 28.5 Å². The molecule has 0 saturated heterocycles. The number of halogens is 1. The molecule has 0 fully saturated rings. The molecule has 0 aromatic heterocycles. The lowest BCUT2D eigenvalue weighted by Crippen LogP contribution is -2.48. The standard InChI is InChI=1S/C22H25FN2O5/c1-22(2,27)14-30-19-9-6-17(12-20(19)28-3)25-11-10-16(24-21(25)26)13-29-18-7-4-15(23)5-8-18/h4-12,16,27H,13-14H2,1-3H3,(H,24,26). The van der Waals surface area contributed by atoms with Crippen LogP contribution in [0, 0.1) is 5.82 Å². The van der Waals surface area contributed by atoms with Crippen molar-refractivity contribution in [2.24, 2.45) is 0 Å². The fraction of sp³-hybridized carbons (Fsp3) is 0.318. The molecule has 0 spiro atoms. The Bertz CT molecular complexity index is 909. The van der Waals surface area contributed by atoms with Gasteiger partial charge in [-0.3, -0.25) is 4.90 Å². The van der Waals surface area contributed by atoms with E-state index in [0.717, 1.165) is 0 Å². The highest BCUT2D eigenvalue weighted by Crippen LogP contribution is 2.33. The Kier molecular flexibility index (Phi) is 6.47. The molecule has 0 bridgehead atoms. The lowest BCUT2D eigenvalue weighted by molar-refractivity contribution is 0.0276. The Labute approximate surface area is 174 Å². The lowest BCUT2D eigenvalue weighted by Gasteiger charge is -2.28. The zero-order valence-corrected chi connectivity index (χ0v) is 17.1. The lowest BCUT2D eigenvalue weighted by atomic mass is 10.1. The molecule has 8 heteroatoms. The molecule has 0 saturated carbocycles. The quantitative estimate of drug-likeness (QED) is 0.689. The molecular weight excluding hydrogens is 391 g/mol. The third-order valence-electron chi connectivity index (χ3n) is 4.24. The molecule has 1 unspecified atom stereocenters. The van der Waals surface area contributed by atoms with Gasteiger partial charge in [0.25, 0.3) is 0 Å². The molecule has 1 aliphatic rings. The first-order valence-electron chi connectivity index (χ1n) is 9.45. The largest absolute Gasteiger partial charge is 0.493 e. The van der Waals surface area contributed by atoms with Crippen LogP contribution >= 0.6 is 0 Å². The maximum Gasteiger partial charge on any atom is 0.326 e. The molecule has 1 atom stereocenters. The average Bonchev–Trinajstić information content (AvgIpc) is 2.71. The number of benzene rings is 2. The molecule has 2 aromatic rings. The van der Waals surface area contributed by atoms with Gasteiger partial charge in [0, 0.05) is 12.3 Å². The van der Waals surface area contributed by atoms with Crippen molar-refractivity contribution in [2.75, 3.05) is 25.2 Å². The van der Waals surface area contributed by atoms with E-state index in [9.17, 15) is 14.3 Å². The van der Waals surface area contributed by atoms with Crippen LogP contribution in [0.25, 0.3) is 0 Å². The SMILES string of the molecule is COc1cc(N2C=CC(COc3ccc(F)cc3)NC2=O)ccc1OCC(C)(C)O. The highest BCUT2D eigenvalue weighted by molar-refractivity contribution is 5.95. The molecule has 30 heavy (non-hydrogen) atoms. The summed E-state index contributed by atoms with van der Waals surface area (Å²) in [5, 5.41) is 12.7. The smallest absolute Gasteiger partial charge is 0.326 e. The van der Waals surface area contributed by atoms with Gasteiger partial charge in [-0.1, -0.05) is 0 Å². The summed E-state index contributed by atoms with van der Waals surface area (Å²) in [4.78, 5) is 14.0. The van der Waals surface area contributed by atoms with Crippen molar-refractivity contribution in [2.45, 2.75) is 25.5 Å². The highest BCUT2D eigenvalue weighted by Gasteiger charge is 2.23. The van der Waals surface area contributed by atoms with Gasteiger partial charge in [-0.2, -0.15) is 0 Å². The summed E-state index contributed by atoms with van der Waals surface area (Å²) in [7, 11) is 1.50. The van der Waals surface area contributed by atoms with Gasteiger partial charge in [-0.05, 0) is 56.3 Å². The number of carbonyl (C=O) groups excluding carboxylic acids is 1. The van der Waals surface area contributed by atoms with Crippen molar-refractivity contribution in [1.29, 1.82) is 0 Å². The second-order valence-electron chi connectivity index (χ2n) is 7.47. The van der Waals surface area contributed by atoms with Crippen LogP contribution < -0.4 is 24.4 Å². The van der Waals surface area contributed by atoms with E-state index < -0.39 is 5.60 Å². The number of hydrogen-bond donors (Lipinski definition) is 2. The van der Waals surface area contributed by atoms with E-state index in [0.29, 0.717) is 22.9 Å². The summed E-state index contributed by atoms with van der Waals surface area (Å²) >= 11 is 0. The van der Waals surface area contributed by atoms with Crippen LogP contribution in [0.3, 0.4) is 0 Å². The van der Waals surface area contributed by atoms with E-state index in [1.54, 1.807) is 44.3 Å². The molecule has 1 aliphatic heterocycles. The first-order chi connectivity index (χ1) is 14.2. The molecule has 0 radical (unpaired) electrons. The summed E-state index contributed by atoms with van der Waals surface area (Å²) in [5.41, 5.74) is -0.390. The maximum atomic E-state index is 13.0. The van der Waals surface area contributed by atoms with Gasteiger partial charge in [-0.15, -0.1) is 0 Å². The van der Waals surface area contributed by atoms with E-state index in [-0.39, 0.29) is 31.1 Å². The Morgan fingerprint density at radius 2 is 1.87 bits per heavy atom. The van der Waals surface area contributed by atoms with Gasteiger partial charge >= 0.3 is 6.03 Å². The molecule has 2 amide bonds. The third-order valence-corrected chi connectivity index (χ3v) is 4.24. The Morgan fingerprint density at radius 3 is 2.50 bits per heavy atom. The third kappa shape index (κ3) is 5.64. The molecule has 0 aliphatic carbocycles. The van der Waals surface area contributed by atoms with Crippen molar-refractivity contribution in [3.63, 3.8) is 0 Å². The van der Waals surface area contributed by atoms with Crippen LogP contribution in [0.15, 0.2) is 54.7 Å². The minimum absolute atomic E-state index is 0.0997. The highest BCUT2D eigenvalue weighted by atomic mass is 19.1. The number of nitrogens with one attached hydrogen (secondary N) is 1. The van der Waals surface area contributed by atoms with Gasteiger partial charge in [0.2, 0.25) is 0 Å². The summed E-state index contributed by atoms with van der Waals surface area (Å²) in [6.07, 6.45) is 3.46. The van der Waals surface area contributed by atoms with Crippen LogP contribution in [0.5, 0.6) is 17.2 Å². The van der Waals surface area contributed by atoms with Crippen molar-refractivity contribution in [3.8, 4) is 17.2 Å². The van der Waals surface area contributed by atoms with Gasteiger partial charge in [-0.25, -0.2) is 9.18 Å². The molecule has 7 nitrogen and oxygen atoms in total. The summed E-state index contributed by atoms with van der Waals surface area (Å²) < 4.78 is 29.5. The predicted molar refractivity (Wildman–Crippen MR) is 111 cm³/mol.